The Morgan fingerprint density at radius 3 is 2.70 bits per heavy atom. The lowest BCUT2D eigenvalue weighted by molar-refractivity contribution is -0.141. The third kappa shape index (κ3) is 3.26. The van der Waals surface area contributed by atoms with Crippen LogP contribution >= 0.6 is 0 Å². The summed E-state index contributed by atoms with van der Waals surface area (Å²) >= 11 is 0. The molecule has 1 aliphatic rings. The average molecular weight is 287 g/mol. The summed E-state index contributed by atoms with van der Waals surface area (Å²) in [7, 11) is 0. The fourth-order valence-electron chi connectivity index (χ4n) is 2.45. The molecule has 2 rings (SSSR count). The van der Waals surface area contributed by atoms with Crippen LogP contribution < -0.4 is 0 Å². The van der Waals surface area contributed by atoms with Crippen molar-refractivity contribution in [3.8, 4) is 0 Å². The van der Waals surface area contributed by atoms with Crippen molar-refractivity contribution in [3.05, 3.63) is 23.3 Å². The van der Waals surface area contributed by atoms with Gasteiger partial charge in [-0.2, -0.15) is 13.2 Å². The SMILES string of the molecule is CC(=O)N1CCC[C@@H](c2cc(C(F)(F)F)nc(C)n2)C1. The number of carbonyl (C=O) groups is 1. The lowest BCUT2D eigenvalue weighted by atomic mass is 9.94. The molecule has 4 nitrogen and oxygen atoms in total. The van der Waals surface area contributed by atoms with Gasteiger partial charge in [-0.3, -0.25) is 4.79 Å². The molecule has 0 unspecified atom stereocenters. The van der Waals surface area contributed by atoms with Gasteiger partial charge in [-0.1, -0.05) is 0 Å². The van der Waals surface area contributed by atoms with Gasteiger partial charge in [0.1, 0.15) is 11.5 Å². The second-order valence-electron chi connectivity index (χ2n) is 5.03. The first-order valence-electron chi connectivity index (χ1n) is 6.45. The van der Waals surface area contributed by atoms with Gasteiger partial charge in [0.05, 0.1) is 0 Å². The van der Waals surface area contributed by atoms with Crippen LogP contribution in [0.3, 0.4) is 0 Å². The highest BCUT2D eigenvalue weighted by Gasteiger charge is 2.34. The molecule has 1 aromatic heterocycles. The topological polar surface area (TPSA) is 46.1 Å². The Morgan fingerprint density at radius 1 is 1.40 bits per heavy atom. The van der Waals surface area contributed by atoms with E-state index in [9.17, 15) is 18.0 Å². The zero-order valence-corrected chi connectivity index (χ0v) is 11.4. The van der Waals surface area contributed by atoms with Crippen LogP contribution in [0.2, 0.25) is 0 Å². The zero-order valence-electron chi connectivity index (χ0n) is 11.4. The molecule has 7 heteroatoms. The van der Waals surface area contributed by atoms with Crippen LogP contribution in [0.1, 0.15) is 42.9 Å². The third-order valence-corrected chi connectivity index (χ3v) is 3.43. The van der Waals surface area contributed by atoms with E-state index >= 15 is 0 Å². The molecule has 0 spiro atoms. The number of alkyl halides is 3. The minimum Gasteiger partial charge on any atom is -0.342 e. The van der Waals surface area contributed by atoms with Crippen LogP contribution in [0.15, 0.2) is 6.07 Å². The van der Waals surface area contributed by atoms with Gasteiger partial charge in [0.2, 0.25) is 5.91 Å². The fourth-order valence-corrected chi connectivity index (χ4v) is 2.45. The molecule has 1 amide bonds. The smallest absolute Gasteiger partial charge is 0.342 e. The molecule has 1 saturated heterocycles. The number of piperidine rings is 1. The summed E-state index contributed by atoms with van der Waals surface area (Å²) in [6, 6.07) is 1.00. The number of carbonyl (C=O) groups excluding carboxylic acids is 1. The summed E-state index contributed by atoms with van der Waals surface area (Å²) in [5, 5.41) is 0. The first-order valence-corrected chi connectivity index (χ1v) is 6.45. The predicted octanol–water partition coefficient (Wildman–Crippen LogP) is 2.53. The van der Waals surface area contributed by atoms with Crippen LogP contribution in [0.5, 0.6) is 0 Å². The molecule has 0 radical (unpaired) electrons. The normalized spacial score (nSPS) is 20.1. The molecule has 1 atom stereocenters. The van der Waals surface area contributed by atoms with E-state index in [1.807, 2.05) is 0 Å². The zero-order chi connectivity index (χ0) is 14.9. The quantitative estimate of drug-likeness (QED) is 0.797. The highest BCUT2D eigenvalue weighted by Crippen LogP contribution is 2.31. The first-order chi connectivity index (χ1) is 9.27. The van der Waals surface area contributed by atoms with E-state index in [0.29, 0.717) is 18.8 Å². The molecule has 2 heterocycles. The fraction of sp³-hybridized carbons (Fsp3) is 0.615. The van der Waals surface area contributed by atoms with Crippen LogP contribution in [-0.4, -0.2) is 33.9 Å². The highest BCUT2D eigenvalue weighted by molar-refractivity contribution is 5.73. The molecule has 0 bridgehead atoms. The van der Waals surface area contributed by atoms with Gasteiger partial charge in [-0.05, 0) is 25.8 Å². The summed E-state index contributed by atoms with van der Waals surface area (Å²) in [5.41, 5.74) is -0.546. The predicted molar refractivity (Wildman–Crippen MR) is 66.0 cm³/mol. The van der Waals surface area contributed by atoms with Crippen LogP contribution in [0.25, 0.3) is 0 Å². The van der Waals surface area contributed by atoms with E-state index in [0.717, 1.165) is 18.9 Å². The summed E-state index contributed by atoms with van der Waals surface area (Å²) in [4.78, 5) is 20.6. The first kappa shape index (κ1) is 14.7. The van der Waals surface area contributed by atoms with E-state index in [-0.39, 0.29) is 17.6 Å². The van der Waals surface area contributed by atoms with Crippen molar-refractivity contribution in [2.45, 2.75) is 38.8 Å². The largest absolute Gasteiger partial charge is 0.433 e. The number of amides is 1. The number of likely N-dealkylation sites (tertiary alicyclic amines) is 1. The minimum atomic E-state index is -4.47. The molecule has 0 aliphatic carbocycles. The number of halogens is 3. The summed E-state index contributed by atoms with van der Waals surface area (Å²) < 4.78 is 38.3. The van der Waals surface area contributed by atoms with Crippen molar-refractivity contribution in [1.82, 2.24) is 14.9 Å². The Balaban J connectivity index is 2.28. The molecule has 0 N–H and O–H groups in total. The molecular formula is C13H16F3N3O. The lowest BCUT2D eigenvalue weighted by Gasteiger charge is -2.32. The van der Waals surface area contributed by atoms with Gasteiger partial charge >= 0.3 is 6.18 Å². The van der Waals surface area contributed by atoms with Gasteiger partial charge in [-0.15, -0.1) is 0 Å². The molecule has 20 heavy (non-hydrogen) atoms. The van der Waals surface area contributed by atoms with E-state index in [2.05, 4.69) is 9.97 Å². The van der Waals surface area contributed by atoms with Crippen molar-refractivity contribution >= 4 is 5.91 Å². The molecule has 1 fully saturated rings. The monoisotopic (exact) mass is 287 g/mol. The number of hydrogen-bond acceptors (Lipinski definition) is 3. The second-order valence-corrected chi connectivity index (χ2v) is 5.03. The Hall–Kier alpha value is -1.66. The average Bonchev–Trinajstić information content (AvgIpc) is 2.37. The van der Waals surface area contributed by atoms with Gasteiger partial charge in [-0.25, -0.2) is 9.97 Å². The van der Waals surface area contributed by atoms with Gasteiger partial charge in [0.25, 0.3) is 0 Å². The molecule has 0 saturated carbocycles. The Labute approximate surface area is 115 Å². The van der Waals surface area contributed by atoms with E-state index in [1.165, 1.54) is 13.8 Å². The molecular weight excluding hydrogens is 271 g/mol. The standard InChI is InChI=1S/C13H16F3N3O/c1-8-17-11(6-12(18-8)13(14,15)16)10-4-3-5-19(7-10)9(2)20/h6,10H,3-5,7H2,1-2H3/t10-/m1/s1. The van der Waals surface area contributed by atoms with E-state index in [4.69, 9.17) is 0 Å². The highest BCUT2D eigenvalue weighted by atomic mass is 19.4. The lowest BCUT2D eigenvalue weighted by Crippen LogP contribution is -2.38. The maximum absolute atomic E-state index is 12.8. The number of rotatable bonds is 1. The van der Waals surface area contributed by atoms with Gasteiger partial charge in [0, 0.05) is 31.6 Å². The van der Waals surface area contributed by atoms with Crippen molar-refractivity contribution in [2.24, 2.45) is 0 Å². The van der Waals surface area contributed by atoms with Crippen molar-refractivity contribution < 1.29 is 18.0 Å². The second kappa shape index (κ2) is 5.38. The van der Waals surface area contributed by atoms with Gasteiger partial charge < -0.3 is 4.90 Å². The third-order valence-electron chi connectivity index (χ3n) is 3.43. The van der Waals surface area contributed by atoms with Crippen molar-refractivity contribution in [3.63, 3.8) is 0 Å². The molecule has 1 aromatic rings. The number of nitrogens with zero attached hydrogens (tertiary/aromatic N) is 3. The van der Waals surface area contributed by atoms with Crippen molar-refractivity contribution in [2.75, 3.05) is 13.1 Å². The minimum absolute atomic E-state index is 0.0588. The summed E-state index contributed by atoms with van der Waals surface area (Å²) in [5.74, 6) is -0.109. The van der Waals surface area contributed by atoms with Gasteiger partial charge in [0.15, 0.2) is 0 Å². The molecule has 1 aliphatic heterocycles. The number of hydrogen-bond donors (Lipinski definition) is 0. The van der Waals surface area contributed by atoms with E-state index < -0.39 is 11.9 Å². The summed E-state index contributed by atoms with van der Waals surface area (Å²) in [6.45, 7) is 3.99. The van der Waals surface area contributed by atoms with E-state index in [1.54, 1.807) is 4.90 Å². The Kier molecular flexibility index (Phi) is 3.96. The van der Waals surface area contributed by atoms with Crippen molar-refractivity contribution in [1.29, 1.82) is 0 Å². The Bertz CT molecular complexity index is 516. The number of aryl methyl sites for hydroxylation is 1. The maximum atomic E-state index is 12.8. The Morgan fingerprint density at radius 2 is 2.10 bits per heavy atom. The maximum Gasteiger partial charge on any atom is 0.433 e. The number of aromatic nitrogens is 2. The van der Waals surface area contributed by atoms with Crippen LogP contribution in [0.4, 0.5) is 13.2 Å². The summed E-state index contributed by atoms with van der Waals surface area (Å²) in [6.07, 6.45) is -2.97. The molecule has 0 aromatic carbocycles. The van der Waals surface area contributed by atoms with Crippen LogP contribution in [-0.2, 0) is 11.0 Å². The van der Waals surface area contributed by atoms with Crippen LogP contribution in [0, 0.1) is 6.92 Å². The molecule has 110 valence electrons.